The van der Waals surface area contributed by atoms with E-state index in [1.807, 2.05) is 18.2 Å². The molecule has 0 fully saturated rings. The zero-order chi connectivity index (χ0) is 21.7. The molecule has 0 aliphatic rings. The number of aryl methyl sites for hydroxylation is 1. The Morgan fingerprint density at radius 3 is 2.37 bits per heavy atom. The molecule has 0 aliphatic heterocycles. The van der Waals surface area contributed by atoms with E-state index in [-0.39, 0.29) is 24.4 Å². The molecule has 3 aromatic rings. The van der Waals surface area contributed by atoms with Gasteiger partial charge in [-0.3, -0.25) is 9.59 Å². The Labute approximate surface area is 174 Å². The number of H-pyrrole nitrogens is 1. The number of ether oxygens (including phenoxy) is 3. The van der Waals surface area contributed by atoms with Crippen molar-refractivity contribution in [1.29, 1.82) is 0 Å². The van der Waals surface area contributed by atoms with Gasteiger partial charge in [-0.25, -0.2) is 4.98 Å². The van der Waals surface area contributed by atoms with Crippen molar-refractivity contribution in [3.63, 3.8) is 0 Å². The highest BCUT2D eigenvalue weighted by molar-refractivity contribution is 5.78. The molecule has 0 saturated heterocycles. The third-order valence-electron chi connectivity index (χ3n) is 4.83. The van der Waals surface area contributed by atoms with Crippen LogP contribution in [-0.2, 0) is 17.8 Å². The standard InChI is InChI=1S/C22H25N3O5/c1-25(13-19-23-16-8-6-5-7-15(16)22(27)24-19)20(26)10-9-14-11-17(28-2)21(30-4)18(12-14)29-3/h5-8,11-12H,9-10,13H2,1-4H3,(H,23,24,27). The van der Waals surface area contributed by atoms with Gasteiger partial charge in [0.15, 0.2) is 11.5 Å². The zero-order valence-electron chi connectivity index (χ0n) is 17.5. The number of nitrogens with zero attached hydrogens (tertiary/aromatic N) is 2. The second-order valence-corrected chi connectivity index (χ2v) is 6.81. The van der Waals surface area contributed by atoms with Crippen molar-refractivity contribution in [1.82, 2.24) is 14.9 Å². The van der Waals surface area contributed by atoms with Crippen LogP contribution in [0.15, 0.2) is 41.2 Å². The van der Waals surface area contributed by atoms with Crippen LogP contribution in [0.4, 0.5) is 0 Å². The van der Waals surface area contributed by atoms with Crippen molar-refractivity contribution in [2.24, 2.45) is 0 Å². The molecule has 0 aliphatic carbocycles. The maximum absolute atomic E-state index is 12.6. The fourth-order valence-electron chi connectivity index (χ4n) is 3.24. The minimum Gasteiger partial charge on any atom is -0.493 e. The molecule has 2 aromatic carbocycles. The molecule has 1 aromatic heterocycles. The number of nitrogens with one attached hydrogen (secondary N) is 1. The summed E-state index contributed by atoms with van der Waals surface area (Å²) in [5.41, 5.74) is 1.28. The number of methoxy groups -OCH3 is 3. The van der Waals surface area contributed by atoms with Crippen molar-refractivity contribution in [3.05, 3.63) is 58.1 Å². The van der Waals surface area contributed by atoms with Gasteiger partial charge in [-0.05, 0) is 36.2 Å². The normalized spacial score (nSPS) is 10.7. The number of rotatable bonds is 8. The van der Waals surface area contributed by atoms with Crippen molar-refractivity contribution in [2.75, 3.05) is 28.4 Å². The fourth-order valence-corrected chi connectivity index (χ4v) is 3.24. The van der Waals surface area contributed by atoms with Gasteiger partial charge in [-0.2, -0.15) is 0 Å². The smallest absolute Gasteiger partial charge is 0.258 e. The molecule has 0 saturated carbocycles. The van der Waals surface area contributed by atoms with Crippen molar-refractivity contribution >= 4 is 16.8 Å². The third kappa shape index (κ3) is 4.53. The summed E-state index contributed by atoms with van der Waals surface area (Å²) in [4.78, 5) is 33.6. The molecule has 1 amide bonds. The lowest BCUT2D eigenvalue weighted by Crippen LogP contribution is -2.28. The molecule has 1 N–H and O–H groups in total. The van der Waals surface area contributed by atoms with Crippen LogP contribution in [-0.4, -0.2) is 49.2 Å². The summed E-state index contributed by atoms with van der Waals surface area (Å²) < 4.78 is 16.0. The Kier molecular flexibility index (Phi) is 6.56. The number of hydrogen-bond donors (Lipinski definition) is 1. The lowest BCUT2D eigenvalue weighted by atomic mass is 10.1. The summed E-state index contributed by atoms with van der Waals surface area (Å²) in [6, 6.07) is 10.8. The number of aromatic amines is 1. The predicted octanol–water partition coefficient (Wildman–Crippen LogP) is 2.54. The van der Waals surface area contributed by atoms with E-state index in [0.29, 0.717) is 40.4 Å². The Balaban J connectivity index is 1.69. The van der Waals surface area contributed by atoms with Crippen molar-refractivity contribution in [3.8, 4) is 17.2 Å². The van der Waals surface area contributed by atoms with Gasteiger partial charge < -0.3 is 24.1 Å². The van der Waals surface area contributed by atoms with Gasteiger partial charge in [0.1, 0.15) is 5.82 Å². The SMILES string of the molecule is COc1cc(CCC(=O)N(C)Cc2nc3ccccc3c(=O)[nH]2)cc(OC)c1OC. The average molecular weight is 411 g/mol. The Morgan fingerprint density at radius 2 is 1.73 bits per heavy atom. The maximum Gasteiger partial charge on any atom is 0.258 e. The van der Waals surface area contributed by atoms with Crippen LogP contribution in [0.5, 0.6) is 17.2 Å². The van der Waals surface area contributed by atoms with Crippen molar-refractivity contribution in [2.45, 2.75) is 19.4 Å². The van der Waals surface area contributed by atoms with Crippen LogP contribution in [0.2, 0.25) is 0 Å². The minimum atomic E-state index is -0.214. The number of amides is 1. The number of para-hydroxylation sites is 1. The summed E-state index contributed by atoms with van der Waals surface area (Å²) in [7, 11) is 6.34. The third-order valence-corrected chi connectivity index (χ3v) is 4.83. The molecule has 30 heavy (non-hydrogen) atoms. The van der Waals surface area contributed by atoms with Gasteiger partial charge in [-0.15, -0.1) is 0 Å². The van der Waals surface area contributed by atoms with Gasteiger partial charge in [0.05, 0.1) is 38.8 Å². The van der Waals surface area contributed by atoms with Gasteiger partial charge >= 0.3 is 0 Å². The number of carbonyl (C=O) groups excluding carboxylic acids is 1. The van der Waals surface area contributed by atoms with E-state index in [1.54, 1.807) is 51.5 Å². The summed E-state index contributed by atoms with van der Waals surface area (Å²) in [6.07, 6.45) is 0.786. The van der Waals surface area contributed by atoms with Crippen LogP contribution in [0.3, 0.4) is 0 Å². The first-order valence-corrected chi connectivity index (χ1v) is 9.47. The molecule has 0 radical (unpaired) electrons. The first kappa shape index (κ1) is 21.2. The molecule has 8 heteroatoms. The number of fused-ring (bicyclic) bond motifs is 1. The lowest BCUT2D eigenvalue weighted by Gasteiger charge is -2.17. The Morgan fingerprint density at radius 1 is 1.07 bits per heavy atom. The van der Waals surface area contributed by atoms with Gasteiger partial charge in [0.25, 0.3) is 5.56 Å². The summed E-state index contributed by atoms with van der Waals surface area (Å²) in [5, 5.41) is 0.526. The highest BCUT2D eigenvalue weighted by atomic mass is 16.5. The van der Waals surface area contributed by atoms with Gasteiger partial charge in [-0.1, -0.05) is 12.1 Å². The Bertz CT molecular complexity index is 1080. The molecular formula is C22H25N3O5. The zero-order valence-corrected chi connectivity index (χ0v) is 17.5. The maximum atomic E-state index is 12.6. The van der Waals surface area contributed by atoms with E-state index in [2.05, 4.69) is 9.97 Å². The molecule has 0 spiro atoms. The number of aromatic nitrogens is 2. The lowest BCUT2D eigenvalue weighted by molar-refractivity contribution is -0.130. The molecular weight excluding hydrogens is 386 g/mol. The van der Waals surface area contributed by atoms with Crippen LogP contribution in [0, 0.1) is 0 Å². The molecule has 158 valence electrons. The van der Waals surface area contributed by atoms with E-state index in [4.69, 9.17) is 14.2 Å². The average Bonchev–Trinajstić information content (AvgIpc) is 2.76. The van der Waals surface area contributed by atoms with E-state index in [9.17, 15) is 9.59 Å². The highest BCUT2D eigenvalue weighted by Gasteiger charge is 2.16. The highest BCUT2D eigenvalue weighted by Crippen LogP contribution is 2.38. The molecule has 0 bridgehead atoms. The molecule has 8 nitrogen and oxygen atoms in total. The van der Waals surface area contributed by atoms with E-state index >= 15 is 0 Å². The monoisotopic (exact) mass is 411 g/mol. The molecule has 3 rings (SSSR count). The minimum absolute atomic E-state index is 0.0699. The number of carbonyl (C=O) groups is 1. The summed E-state index contributed by atoms with van der Waals surface area (Å²) in [5.74, 6) is 1.98. The number of hydrogen-bond acceptors (Lipinski definition) is 6. The predicted molar refractivity (Wildman–Crippen MR) is 113 cm³/mol. The summed E-state index contributed by atoms with van der Waals surface area (Å²) >= 11 is 0. The van der Waals surface area contributed by atoms with Gasteiger partial charge in [0, 0.05) is 13.5 Å². The van der Waals surface area contributed by atoms with Crippen LogP contribution in [0.1, 0.15) is 17.8 Å². The number of benzene rings is 2. The first-order chi connectivity index (χ1) is 14.5. The van der Waals surface area contributed by atoms with Crippen molar-refractivity contribution < 1.29 is 19.0 Å². The van der Waals surface area contributed by atoms with Gasteiger partial charge in [0.2, 0.25) is 11.7 Å². The van der Waals surface area contributed by atoms with Crippen LogP contribution in [0.25, 0.3) is 10.9 Å². The summed E-state index contributed by atoms with van der Waals surface area (Å²) in [6.45, 7) is 0.216. The van der Waals surface area contributed by atoms with Crippen LogP contribution < -0.4 is 19.8 Å². The largest absolute Gasteiger partial charge is 0.493 e. The molecule has 1 heterocycles. The topological polar surface area (TPSA) is 93.8 Å². The molecule has 0 unspecified atom stereocenters. The second-order valence-electron chi connectivity index (χ2n) is 6.81. The first-order valence-electron chi connectivity index (χ1n) is 9.47. The van der Waals surface area contributed by atoms with E-state index in [0.717, 1.165) is 5.56 Å². The fraction of sp³-hybridized carbons (Fsp3) is 0.318. The Hall–Kier alpha value is -3.55. The quantitative estimate of drug-likeness (QED) is 0.612. The van der Waals surface area contributed by atoms with Crippen LogP contribution >= 0.6 is 0 Å². The van der Waals surface area contributed by atoms with E-state index < -0.39 is 0 Å². The second kappa shape index (κ2) is 9.30. The van der Waals surface area contributed by atoms with E-state index in [1.165, 1.54) is 0 Å². The molecule has 0 atom stereocenters.